The molecule has 0 aromatic carbocycles. The van der Waals surface area contributed by atoms with Crippen molar-refractivity contribution in [1.82, 2.24) is 4.90 Å². The number of carbonyl (C=O) groups is 1. The third-order valence-corrected chi connectivity index (χ3v) is 4.17. The Morgan fingerprint density at radius 2 is 1.71 bits per heavy atom. The molecule has 0 radical (unpaired) electrons. The van der Waals surface area contributed by atoms with Crippen LogP contribution in [0.4, 0.5) is 35.1 Å². The monoisotopic (exact) mass is 432 g/mol. The second-order valence-corrected chi connectivity index (χ2v) is 6.40. The van der Waals surface area contributed by atoms with Crippen molar-refractivity contribution in [3.8, 4) is 0 Å². The molecule has 0 bridgehead atoms. The van der Waals surface area contributed by atoms with Gasteiger partial charge in [-0.05, 0) is 12.8 Å². The standard InChI is InChI=1S/C12H19F5N2O2.C2HF3O2/c13-11(14)8-19(5-2-9(11)18)6-7-20-10(3-1-4-10)21-12(15,16)17;3-2(4,5)1(6)7/h9H,1-8,18H2;(H,6,7). The van der Waals surface area contributed by atoms with Crippen LogP contribution in [0.1, 0.15) is 25.7 Å². The Labute approximate surface area is 154 Å². The molecule has 0 aromatic rings. The molecule has 0 aromatic heterocycles. The third-order valence-electron chi connectivity index (χ3n) is 4.17. The van der Waals surface area contributed by atoms with E-state index in [-0.39, 0.29) is 32.4 Å². The molecule has 2 rings (SSSR count). The molecular formula is C14H20F8N2O4. The van der Waals surface area contributed by atoms with E-state index in [4.69, 9.17) is 20.4 Å². The summed E-state index contributed by atoms with van der Waals surface area (Å²) in [5, 5.41) is 7.12. The van der Waals surface area contributed by atoms with E-state index in [1.54, 1.807) is 0 Å². The quantitative estimate of drug-likeness (QED) is 0.514. The summed E-state index contributed by atoms with van der Waals surface area (Å²) in [7, 11) is 0. The van der Waals surface area contributed by atoms with Crippen LogP contribution in [0.3, 0.4) is 0 Å². The average molecular weight is 432 g/mol. The highest BCUT2D eigenvalue weighted by molar-refractivity contribution is 5.73. The maximum atomic E-state index is 13.4. The van der Waals surface area contributed by atoms with Gasteiger partial charge in [0.15, 0.2) is 5.79 Å². The van der Waals surface area contributed by atoms with Gasteiger partial charge in [-0.2, -0.15) is 13.2 Å². The lowest BCUT2D eigenvalue weighted by molar-refractivity contribution is -0.434. The first-order valence-electron chi connectivity index (χ1n) is 8.13. The van der Waals surface area contributed by atoms with Crippen molar-refractivity contribution in [2.45, 2.75) is 56.0 Å². The Balaban J connectivity index is 0.000000480. The molecule has 28 heavy (non-hydrogen) atoms. The lowest BCUT2D eigenvalue weighted by Gasteiger charge is -2.42. The van der Waals surface area contributed by atoms with Gasteiger partial charge in [-0.25, -0.2) is 13.6 Å². The lowest BCUT2D eigenvalue weighted by atomic mass is 9.91. The summed E-state index contributed by atoms with van der Waals surface area (Å²) in [5.41, 5.74) is 5.32. The molecule has 1 saturated carbocycles. The van der Waals surface area contributed by atoms with Gasteiger partial charge in [0, 0.05) is 25.9 Å². The topological polar surface area (TPSA) is 85.0 Å². The largest absolute Gasteiger partial charge is 0.524 e. The van der Waals surface area contributed by atoms with Crippen molar-refractivity contribution in [3.63, 3.8) is 0 Å². The average Bonchev–Trinajstić information content (AvgIpc) is 2.46. The molecule has 1 atom stereocenters. The number of rotatable bonds is 5. The van der Waals surface area contributed by atoms with Crippen LogP contribution in [-0.4, -0.2) is 72.5 Å². The van der Waals surface area contributed by atoms with Crippen molar-refractivity contribution in [2.24, 2.45) is 5.73 Å². The van der Waals surface area contributed by atoms with E-state index in [0.717, 1.165) is 0 Å². The summed E-state index contributed by atoms with van der Waals surface area (Å²) < 4.78 is 105. The van der Waals surface area contributed by atoms with Gasteiger partial charge < -0.3 is 15.6 Å². The number of likely N-dealkylation sites (tertiary alicyclic amines) is 1. The van der Waals surface area contributed by atoms with E-state index < -0.39 is 42.8 Å². The minimum atomic E-state index is -5.08. The molecule has 1 unspecified atom stereocenters. The predicted molar refractivity (Wildman–Crippen MR) is 77.3 cm³/mol. The summed E-state index contributed by atoms with van der Waals surface area (Å²) >= 11 is 0. The van der Waals surface area contributed by atoms with Gasteiger partial charge in [0.05, 0.1) is 19.2 Å². The molecule has 166 valence electrons. The Bertz CT molecular complexity index is 522. The zero-order chi connectivity index (χ0) is 21.8. The van der Waals surface area contributed by atoms with E-state index in [2.05, 4.69) is 4.74 Å². The lowest BCUT2D eigenvalue weighted by Crippen LogP contribution is -2.56. The SMILES string of the molecule is NC1CCN(CCOC2(OC(F)(F)F)CCC2)CC1(F)F.O=C(O)C(F)(F)F. The molecule has 2 fully saturated rings. The minimum Gasteiger partial charge on any atom is -0.475 e. The summed E-state index contributed by atoms with van der Waals surface area (Å²) in [6.07, 6.45) is -8.78. The second-order valence-electron chi connectivity index (χ2n) is 6.40. The van der Waals surface area contributed by atoms with Crippen LogP contribution in [-0.2, 0) is 14.3 Å². The van der Waals surface area contributed by atoms with Crippen LogP contribution in [0.15, 0.2) is 0 Å². The van der Waals surface area contributed by atoms with Gasteiger partial charge in [-0.1, -0.05) is 0 Å². The van der Waals surface area contributed by atoms with Crippen molar-refractivity contribution < 1.29 is 54.5 Å². The highest BCUT2D eigenvalue weighted by Crippen LogP contribution is 2.41. The van der Waals surface area contributed by atoms with E-state index in [1.165, 1.54) is 4.90 Å². The van der Waals surface area contributed by atoms with E-state index in [1.807, 2.05) is 0 Å². The number of halogens is 8. The third kappa shape index (κ3) is 8.01. The van der Waals surface area contributed by atoms with Crippen molar-refractivity contribution in [3.05, 3.63) is 0 Å². The van der Waals surface area contributed by atoms with Crippen molar-refractivity contribution >= 4 is 5.97 Å². The number of ether oxygens (including phenoxy) is 2. The molecule has 14 heteroatoms. The van der Waals surface area contributed by atoms with Gasteiger partial charge in [-0.3, -0.25) is 9.64 Å². The molecular weight excluding hydrogens is 412 g/mol. The van der Waals surface area contributed by atoms with Crippen LogP contribution < -0.4 is 5.73 Å². The number of aliphatic carboxylic acids is 1. The summed E-state index contributed by atoms with van der Waals surface area (Å²) in [4.78, 5) is 10.3. The summed E-state index contributed by atoms with van der Waals surface area (Å²) in [6.45, 7) is -0.0649. The number of carboxylic acids is 1. The van der Waals surface area contributed by atoms with Gasteiger partial charge in [0.25, 0.3) is 5.92 Å². The first kappa shape index (κ1) is 24.8. The Kier molecular flexibility index (Phi) is 8.01. The molecule has 1 saturated heterocycles. The fourth-order valence-corrected chi connectivity index (χ4v) is 2.53. The first-order valence-corrected chi connectivity index (χ1v) is 8.13. The molecule has 1 aliphatic heterocycles. The summed E-state index contributed by atoms with van der Waals surface area (Å²) in [6, 6.07) is -1.17. The fourth-order valence-electron chi connectivity index (χ4n) is 2.53. The van der Waals surface area contributed by atoms with Crippen LogP contribution in [0, 0.1) is 0 Å². The molecule has 3 N–H and O–H groups in total. The second kappa shape index (κ2) is 9.05. The van der Waals surface area contributed by atoms with Crippen LogP contribution >= 0.6 is 0 Å². The molecule has 0 spiro atoms. The molecule has 1 aliphatic carbocycles. The number of carboxylic acid groups (broad SMARTS) is 1. The first-order chi connectivity index (χ1) is 12.6. The predicted octanol–water partition coefficient (Wildman–Crippen LogP) is 2.72. The number of piperidine rings is 1. The van der Waals surface area contributed by atoms with E-state index >= 15 is 0 Å². The zero-order valence-corrected chi connectivity index (χ0v) is 14.5. The molecule has 0 amide bonds. The van der Waals surface area contributed by atoms with Gasteiger partial charge >= 0.3 is 18.5 Å². The van der Waals surface area contributed by atoms with E-state index in [9.17, 15) is 35.1 Å². The minimum absolute atomic E-state index is 0.0819. The zero-order valence-electron chi connectivity index (χ0n) is 14.5. The van der Waals surface area contributed by atoms with Crippen LogP contribution in [0.5, 0.6) is 0 Å². The smallest absolute Gasteiger partial charge is 0.475 e. The Hall–Kier alpha value is -1.25. The van der Waals surface area contributed by atoms with Gasteiger partial charge in [0.2, 0.25) is 0 Å². The van der Waals surface area contributed by atoms with Crippen molar-refractivity contribution in [2.75, 3.05) is 26.2 Å². The maximum Gasteiger partial charge on any atom is 0.524 e. The van der Waals surface area contributed by atoms with Crippen LogP contribution in [0.2, 0.25) is 0 Å². The number of hydrogen-bond acceptors (Lipinski definition) is 5. The van der Waals surface area contributed by atoms with E-state index in [0.29, 0.717) is 13.0 Å². The van der Waals surface area contributed by atoms with Crippen LogP contribution in [0.25, 0.3) is 0 Å². The number of nitrogens with two attached hydrogens (primary N) is 1. The highest BCUT2D eigenvalue weighted by Gasteiger charge is 2.49. The molecule has 2 aliphatic rings. The molecule has 1 heterocycles. The Morgan fingerprint density at radius 3 is 2.07 bits per heavy atom. The van der Waals surface area contributed by atoms with Crippen molar-refractivity contribution in [1.29, 1.82) is 0 Å². The number of alkyl halides is 8. The highest BCUT2D eigenvalue weighted by atomic mass is 19.4. The van der Waals surface area contributed by atoms with Gasteiger partial charge in [-0.15, -0.1) is 13.2 Å². The maximum absolute atomic E-state index is 13.4. The fraction of sp³-hybridized carbons (Fsp3) is 0.929. The number of nitrogens with zero attached hydrogens (tertiary/aromatic N) is 1. The molecule has 6 nitrogen and oxygen atoms in total. The summed E-state index contributed by atoms with van der Waals surface area (Å²) in [5.74, 6) is -7.37. The normalized spacial score (nSPS) is 24.7. The number of hydrogen-bond donors (Lipinski definition) is 2. The Morgan fingerprint density at radius 1 is 1.18 bits per heavy atom. The van der Waals surface area contributed by atoms with Gasteiger partial charge in [0.1, 0.15) is 0 Å².